The minimum atomic E-state index is -0.260. The summed E-state index contributed by atoms with van der Waals surface area (Å²) in [6.07, 6.45) is 0. The molecule has 5 nitrogen and oxygen atoms in total. The third-order valence-corrected chi connectivity index (χ3v) is 4.15. The fourth-order valence-electron chi connectivity index (χ4n) is 2.77. The van der Waals surface area contributed by atoms with Crippen molar-refractivity contribution in [3.05, 3.63) is 30.1 Å². The summed E-state index contributed by atoms with van der Waals surface area (Å²) in [6.45, 7) is 11.4. The Morgan fingerprint density at radius 1 is 1.38 bits per heavy atom. The predicted octanol–water partition coefficient (Wildman–Crippen LogP) is 2.26. The quantitative estimate of drug-likeness (QED) is 0.583. The van der Waals surface area contributed by atoms with Crippen LogP contribution < -0.4 is 16.4 Å². The molecule has 0 saturated carbocycles. The van der Waals surface area contributed by atoms with Crippen molar-refractivity contribution in [1.29, 1.82) is 0 Å². The lowest BCUT2D eigenvalue weighted by Crippen LogP contribution is -2.57. The molecule has 1 aromatic rings. The van der Waals surface area contributed by atoms with Crippen LogP contribution in [0.4, 0.5) is 10.1 Å². The predicted molar refractivity (Wildman–Crippen MR) is 98.8 cm³/mol. The van der Waals surface area contributed by atoms with Crippen LogP contribution in [0.25, 0.3) is 0 Å². The fraction of sp³-hybridized carbons (Fsp3) is 0.611. The molecule has 1 aliphatic heterocycles. The number of nitrogens with two attached hydrogens (primary N) is 1. The number of benzene rings is 1. The summed E-state index contributed by atoms with van der Waals surface area (Å²) in [5, 5.41) is 6.81. The van der Waals surface area contributed by atoms with E-state index >= 15 is 0 Å². The van der Waals surface area contributed by atoms with Crippen molar-refractivity contribution in [2.75, 3.05) is 31.5 Å². The van der Waals surface area contributed by atoms with E-state index in [2.05, 4.69) is 43.2 Å². The minimum absolute atomic E-state index is 0.0693. The summed E-state index contributed by atoms with van der Waals surface area (Å²) in [4.78, 5) is 7.01. The molecular weight excluding hydrogens is 305 g/mol. The number of aliphatic imine (C=N–C) groups is 1. The van der Waals surface area contributed by atoms with Crippen LogP contribution in [0.3, 0.4) is 0 Å². The molecule has 0 amide bonds. The molecule has 6 heteroatoms. The average molecular weight is 335 g/mol. The Bertz CT molecular complexity index is 562. The normalized spacial score (nSPS) is 22.6. The van der Waals surface area contributed by atoms with E-state index < -0.39 is 0 Å². The number of halogens is 1. The summed E-state index contributed by atoms with van der Waals surface area (Å²) in [6, 6.07) is 7.21. The smallest absolute Gasteiger partial charge is 0.198 e. The Hall–Kier alpha value is -1.66. The van der Waals surface area contributed by atoms with Gasteiger partial charge in [-0.15, -0.1) is 0 Å². The second-order valence-corrected chi connectivity index (χ2v) is 7.52. The van der Waals surface area contributed by atoms with Gasteiger partial charge in [0.05, 0.1) is 0 Å². The van der Waals surface area contributed by atoms with E-state index in [1.807, 2.05) is 6.07 Å². The number of hydrogen-bond donors (Lipinski definition) is 3. The highest BCUT2D eigenvalue weighted by molar-refractivity contribution is 5.93. The highest BCUT2D eigenvalue weighted by Gasteiger charge is 2.24. The summed E-state index contributed by atoms with van der Waals surface area (Å²) < 4.78 is 13.5. The number of piperazine rings is 1. The zero-order chi connectivity index (χ0) is 17.7. The molecule has 1 aromatic carbocycles. The van der Waals surface area contributed by atoms with Gasteiger partial charge < -0.3 is 21.3 Å². The first-order valence-electron chi connectivity index (χ1n) is 8.57. The van der Waals surface area contributed by atoms with Crippen LogP contribution in [0.15, 0.2) is 29.3 Å². The molecule has 134 valence electrons. The fourth-order valence-corrected chi connectivity index (χ4v) is 2.77. The maximum absolute atomic E-state index is 13.5. The maximum Gasteiger partial charge on any atom is 0.198 e. The van der Waals surface area contributed by atoms with E-state index in [0.717, 1.165) is 19.0 Å². The molecule has 24 heavy (non-hydrogen) atoms. The molecule has 2 unspecified atom stereocenters. The van der Waals surface area contributed by atoms with Gasteiger partial charge >= 0.3 is 0 Å². The summed E-state index contributed by atoms with van der Waals surface area (Å²) >= 11 is 0. The lowest BCUT2D eigenvalue weighted by molar-refractivity contribution is 0.253. The molecule has 1 fully saturated rings. The van der Waals surface area contributed by atoms with Crippen molar-refractivity contribution in [2.45, 2.75) is 39.8 Å². The van der Waals surface area contributed by atoms with Gasteiger partial charge in [-0.25, -0.2) is 4.39 Å². The van der Waals surface area contributed by atoms with Gasteiger partial charge in [-0.3, -0.25) is 4.99 Å². The number of anilines is 1. The van der Waals surface area contributed by atoms with Crippen LogP contribution in [0.5, 0.6) is 0 Å². The monoisotopic (exact) mass is 335 g/mol. The summed E-state index contributed by atoms with van der Waals surface area (Å²) in [5.74, 6) is 0.519. The molecule has 0 spiro atoms. The lowest BCUT2D eigenvalue weighted by Gasteiger charge is -2.38. The second-order valence-electron chi connectivity index (χ2n) is 7.52. The SMILES string of the molecule is CC1CN(C(=NCC(C)(C)CN)Nc2cccc(F)c2)CC(C)N1. The molecule has 1 heterocycles. The standard InChI is InChI=1S/C18H30FN5/c1-13-9-24(10-14(2)22-13)17(21-12-18(3,4)11-20)23-16-7-5-6-15(19)8-16/h5-8,13-14,22H,9-12,20H2,1-4H3,(H,21,23). The van der Waals surface area contributed by atoms with Crippen LogP contribution in [0, 0.1) is 11.2 Å². The Morgan fingerprint density at radius 3 is 2.62 bits per heavy atom. The van der Waals surface area contributed by atoms with Gasteiger partial charge in [-0.2, -0.15) is 0 Å². The third-order valence-electron chi connectivity index (χ3n) is 4.15. The van der Waals surface area contributed by atoms with Crippen molar-refractivity contribution in [3.63, 3.8) is 0 Å². The van der Waals surface area contributed by atoms with Crippen molar-refractivity contribution >= 4 is 11.6 Å². The Morgan fingerprint density at radius 2 is 2.04 bits per heavy atom. The number of hydrogen-bond acceptors (Lipinski definition) is 3. The van der Waals surface area contributed by atoms with Crippen LogP contribution in [-0.4, -0.2) is 49.1 Å². The molecule has 0 aliphatic carbocycles. The summed E-state index contributed by atoms with van der Waals surface area (Å²) in [5.41, 5.74) is 6.46. The van der Waals surface area contributed by atoms with Crippen LogP contribution in [0.2, 0.25) is 0 Å². The number of rotatable bonds is 4. The average Bonchev–Trinajstić information content (AvgIpc) is 2.50. The zero-order valence-electron chi connectivity index (χ0n) is 15.1. The Labute approximate surface area is 144 Å². The van der Waals surface area contributed by atoms with Gasteiger partial charge in [0.15, 0.2) is 5.96 Å². The Kier molecular flexibility index (Phi) is 6.18. The second kappa shape index (κ2) is 7.94. The highest BCUT2D eigenvalue weighted by atomic mass is 19.1. The largest absolute Gasteiger partial charge is 0.340 e. The number of nitrogens with one attached hydrogen (secondary N) is 2. The Balaban J connectivity index is 2.21. The molecule has 0 bridgehead atoms. The van der Waals surface area contributed by atoms with Gasteiger partial charge in [-0.1, -0.05) is 19.9 Å². The lowest BCUT2D eigenvalue weighted by atomic mass is 9.94. The number of guanidine groups is 1. The van der Waals surface area contributed by atoms with E-state index in [0.29, 0.717) is 30.9 Å². The molecule has 2 atom stereocenters. The van der Waals surface area contributed by atoms with Gasteiger partial charge in [0, 0.05) is 37.4 Å². The maximum atomic E-state index is 13.5. The van der Waals surface area contributed by atoms with E-state index in [9.17, 15) is 4.39 Å². The number of nitrogens with zero attached hydrogens (tertiary/aromatic N) is 2. The van der Waals surface area contributed by atoms with Crippen molar-refractivity contribution < 1.29 is 4.39 Å². The van der Waals surface area contributed by atoms with E-state index in [4.69, 9.17) is 10.7 Å². The van der Waals surface area contributed by atoms with Gasteiger partial charge in [-0.05, 0) is 44.0 Å². The van der Waals surface area contributed by atoms with Gasteiger partial charge in [0.2, 0.25) is 0 Å². The topological polar surface area (TPSA) is 65.7 Å². The third kappa shape index (κ3) is 5.46. The molecule has 1 aliphatic rings. The summed E-state index contributed by atoms with van der Waals surface area (Å²) in [7, 11) is 0. The first-order valence-corrected chi connectivity index (χ1v) is 8.57. The minimum Gasteiger partial charge on any atom is -0.340 e. The first kappa shape index (κ1) is 18.7. The van der Waals surface area contributed by atoms with Crippen molar-refractivity contribution in [2.24, 2.45) is 16.1 Å². The van der Waals surface area contributed by atoms with Crippen molar-refractivity contribution in [3.8, 4) is 0 Å². The first-order chi connectivity index (χ1) is 11.3. The van der Waals surface area contributed by atoms with Crippen LogP contribution in [-0.2, 0) is 0 Å². The highest BCUT2D eigenvalue weighted by Crippen LogP contribution is 2.16. The molecule has 1 saturated heterocycles. The molecule has 0 radical (unpaired) electrons. The van der Waals surface area contributed by atoms with E-state index in [-0.39, 0.29) is 11.2 Å². The molecule has 4 N–H and O–H groups in total. The zero-order valence-corrected chi connectivity index (χ0v) is 15.1. The van der Waals surface area contributed by atoms with Crippen LogP contribution >= 0.6 is 0 Å². The molecule has 0 aromatic heterocycles. The molecular formula is C18H30FN5. The van der Waals surface area contributed by atoms with E-state index in [1.165, 1.54) is 12.1 Å². The van der Waals surface area contributed by atoms with Crippen LogP contribution in [0.1, 0.15) is 27.7 Å². The van der Waals surface area contributed by atoms with Gasteiger partial charge in [0.25, 0.3) is 0 Å². The van der Waals surface area contributed by atoms with E-state index in [1.54, 1.807) is 6.07 Å². The van der Waals surface area contributed by atoms with Crippen molar-refractivity contribution in [1.82, 2.24) is 10.2 Å². The molecule has 2 rings (SSSR count). The van der Waals surface area contributed by atoms with Gasteiger partial charge in [0.1, 0.15) is 5.82 Å².